The zero-order valence-electron chi connectivity index (χ0n) is 14.9. The molecule has 6 heteroatoms. The summed E-state index contributed by atoms with van der Waals surface area (Å²) in [7, 11) is 0. The quantitative estimate of drug-likeness (QED) is 0.701. The Kier molecular flexibility index (Phi) is 5.86. The Morgan fingerprint density at radius 1 is 1.07 bits per heavy atom. The number of fused-ring (bicyclic) bond motifs is 1. The molecular formula is C21H22N2O4. The van der Waals surface area contributed by atoms with Gasteiger partial charge in [0.1, 0.15) is 0 Å². The lowest BCUT2D eigenvalue weighted by Crippen LogP contribution is -2.30. The molecule has 0 spiro atoms. The van der Waals surface area contributed by atoms with Gasteiger partial charge in [0.25, 0.3) is 0 Å². The van der Waals surface area contributed by atoms with E-state index in [0.717, 1.165) is 16.8 Å². The monoisotopic (exact) mass is 366 g/mol. The zero-order valence-corrected chi connectivity index (χ0v) is 14.9. The average Bonchev–Trinajstić information content (AvgIpc) is 2.65. The topological polar surface area (TPSA) is 95.5 Å². The fraction of sp³-hybridized carbons (Fsp3) is 0.286. The van der Waals surface area contributed by atoms with Crippen molar-refractivity contribution in [1.82, 2.24) is 0 Å². The summed E-state index contributed by atoms with van der Waals surface area (Å²) in [4.78, 5) is 35.0. The minimum Gasteiger partial charge on any atom is -0.481 e. The molecule has 1 aliphatic rings. The molecule has 2 aromatic carbocycles. The summed E-state index contributed by atoms with van der Waals surface area (Å²) in [6, 6.07) is 14.9. The summed E-state index contributed by atoms with van der Waals surface area (Å²) in [6.07, 6.45) is 1.94. The number of aliphatic carboxylic acids is 1. The summed E-state index contributed by atoms with van der Waals surface area (Å²) in [5.41, 5.74) is 3.52. The van der Waals surface area contributed by atoms with Crippen LogP contribution in [0.15, 0.2) is 48.5 Å². The Morgan fingerprint density at radius 2 is 1.81 bits per heavy atom. The molecule has 0 bridgehead atoms. The number of carboxylic acids is 1. The van der Waals surface area contributed by atoms with Gasteiger partial charge in [-0.2, -0.15) is 0 Å². The Bertz CT molecular complexity index is 846. The Morgan fingerprint density at radius 3 is 2.56 bits per heavy atom. The first kappa shape index (κ1) is 18.6. The highest BCUT2D eigenvalue weighted by atomic mass is 16.4. The number of nitrogens with one attached hydrogen (secondary N) is 2. The van der Waals surface area contributed by atoms with Crippen LogP contribution in [0.5, 0.6) is 0 Å². The number of carbonyl (C=O) groups excluding carboxylic acids is 2. The van der Waals surface area contributed by atoms with Crippen LogP contribution in [0.25, 0.3) is 0 Å². The number of amides is 2. The number of rotatable bonds is 7. The van der Waals surface area contributed by atoms with E-state index in [4.69, 9.17) is 5.11 Å². The van der Waals surface area contributed by atoms with Gasteiger partial charge in [0, 0.05) is 30.1 Å². The van der Waals surface area contributed by atoms with Crippen molar-refractivity contribution in [2.75, 3.05) is 10.6 Å². The van der Waals surface area contributed by atoms with Crippen LogP contribution in [0.3, 0.4) is 0 Å². The zero-order chi connectivity index (χ0) is 19.2. The molecule has 1 heterocycles. The third-order valence-corrected chi connectivity index (χ3v) is 4.70. The smallest absolute Gasteiger partial charge is 0.303 e. The van der Waals surface area contributed by atoms with Crippen molar-refractivity contribution in [3.63, 3.8) is 0 Å². The largest absolute Gasteiger partial charge is 0.481 e. The lowest BCUT2D eigenvalue weighted by atomic mass is 9.89. The lowest BCUT2D eigenvalue weighted by molar-refractivity contribution is -0.137. The van der Waals surface area contributed by atoms with Crippen LogP contribution in [0.1, 0.15) is 30.4 Å². The van der Waals surface area contributed by atoms with Crippen molar-refractivity contribution >= 4 is 29.2 Å². The molecule has 0 aromatic heterocycles. The first-order chi connectivity index (χ1) is 13.0. The molecule has 3 rings (SSSR count). The molecule has 3 N–H and O–H groups in total. The van der Waals surface area contributed by atoms with Gasteiger partial charge in [-0.15, -0.1) is 0 Å². The molecule has 140 valence electrons. The Hall–Kier alpha value is -3.15. The number of anilines is 2. The van der Waals surface area contributed by atoms with Gasteiger partial charge in [0.05, 0.1) is 0 Å². The van der Waals surface area contributed by atoms with Crippen LogP contribution in [0.4, 0.5) is 11.4 Å². The Balaban J connectivity index is 1.48. The molecule has 1 aliphatic heterocycles. The Labute approximate surface area is 157 Å². The first-order valence-electron chi connectivity index (χ1n) is 9.00. The minimum atomic E-state index is -0.832. The maximum atomic E-state index is 12.2. The van der Waals surface area contributed by atoms with Crippen LogP contribution < -0.4 is 10.6 Å². The molecule has 1 unspecified atom stereocenters. The van der Waals surface area contributed by atoms with E-state index in [1.165, 1.54) is 0 Å². The van der Waals surface area contributed by atoms with Crippen molar-refractivity contribution < 1.29 is 19.5 Å². The standard InChI is InChI=1S/C21H22N2O4/c24-19(22-17-9-5-14(6-10-17)7-12-20(25)26)11-8-16-13-15-3-1-2-4-18(15)23-21(16)27/h1-6,9-10,16H,7-8,11-13H2,(H,22,24)(H,23,27)(H,25,26). The summed E-state index contributed by atoms with van der Waals surface area (Å²) in [5.74, 6) is -1.21. The molecule has 0 fully saturated rings. The van der Waals surface area contributed by atoms with Crippen LogP contribution in [0, 0.1) is 5.92 Å². The fourth-order valence-corrected chi connectivity index (χ4v) is 3.18. The van der Waals surface area contributed by atoms with Crippen LogP contribution in [-0.4, -0.2) is 22.9 Å². The van der Waals surface area contributed by atoms with Gasteiger partial charge in [0.15, 0.2) is 0 Å². The molecule has 2 aromatic rings. The van der Waals surface area contributed by atoms with E-state index < -0.39 is 5.97 Å². The summed E-state index contributed by atoms with van der Waals surface area (Å²) >= 11 is 0. The molecule has 0 saturated heterocycles. The maximum Gasteiger partial charge on any atom is 0.303 e. The predicted molar refractivity (Wildman–Crippen MR) is 103 cm³/mol. The van der Waals surface area contributed by atoms with Gasteiger partial charge in [-0.25, -0.2) is 0 Å². The van der Waals surface area contributed by atoms with Crippen LogP contribution >= 0.6 is 0 Å². The summed E-state index contributed by atoms with van der Waals surface area (Å²) < 4.78 is 0. The minimum absolute atomic E-state index is 0.0377. The highest BCUT2D eigenvalue weighted by molar-refractivity contribution is 5.96. The average molecular weight is 366 g/mol. The van der Waals surface area contributed by atoms with Crippen LogP contribution in [0.2, 0.25) is 0 Å². The maximum absolute atomic E-state index is 12.2. The molecule has 0 radical (unpaired) electrons. The van der Waals surface area contributed by atoms with E-state index in [9.17, 15) is 14.4 Å². The van der Waals surface area contributed by atoms with Crippen molar-refractivity contribution in [1.29, 1.82) is 0 Å². The number of hydrogen-bond donors (Lipinski definition) is 3. The van der Waals surface area contributed by atoms with Gasteiger partial charge < -0.3 is 15.7 Å². The first-order valence-corrected chi connectivity index (χ1v) is 9.00. The third-order valence-electron chi connectivity index (χ3n) is 4.70. The van der Waals surface area contributed by atoms with Crippen molar-refractivity contribution in [3.05, 3.63) is 59.7 Å². The summed E-state index contributed by atoms with van der Waals surface area (Å²) in [6.45, 7) is 0. The molecule has 2 amide bonds. The van der Waals surface area contributed by atoms with Gasteiger partial charge >= 0.3 is 5.97 Å². The second-order valence-electron chi connectivity index (χ2n) is 6.72. The van der Waals surface area contributed by atoms with E-state index in [-0.39, 0.29) is 30.6 Å². The molecule has 0 saturated carbocycles. The molecule has 0 aliphatic carbocycles. The van der Waals surface area contributed by atoms with Crippen molar-refractivity contribution in [3.8, 4) is 0 Å². The van der Waals surface area contributed by atoms with E-state index in [0.29, 0.717) is 24.9 Å². The number of benzene rings is 2. The van der Waals surface area contributed by atoms with Crippen LogP contribution in [-0.2, 0) is 27.2 Å². The second-order valence-corrected chi connectivity index (χ2v) is 6.72. The SMILES string of the molecule is O=C(O)CCc1ccc(NC(=O)CCC2Cc3ccccc3NC2=O)cc1. The molecular weight excluding hydrogens is 344 g/mol. The van der Waals surface area contributed by atoms with E-state index >= 15 is 0 Å². The number of carboxylic acid groups (broad SMARTS) is 1. The third kappa shape index (κ3) is 5.17. The highest BCUT2D eigenvalue weighted by Crippen LogP contribution is 2.27. The van der Waals surface area contributed by atoms with Gasteiger partial charge in [-0.05, 0) is 48.6 Å². The summed E-state index contributed by atoms with van der Waals surface area (Å²) in [5, 5.41) is 14.4. The number of hydrogen-bond acceptors (Lipinski definition) is 3. The second kappa shape index (κ2) is 8.49. The van der Waals surface area contributed by atoms with Crippen molar-refractivity contribution in [2.45, 2.75) is 32.1 Å². The number of para-hydroxylation sites is 1. The molecule has 6 nitrogen and oxygen atoms in total. The molecule has 1 atom stereocenters. The van der Waals surface area contributed by atoms with E-state index in [1.54, 1.807) is 12.1 Å². The van der Waals surface area contributed by atoms with E-state index in [1.807, 2.05) is 36.4 Å². The van der Waals surface area contributed by atoms with Gasteiger partial charge in [-0.1, -0.05) is 30.3 Å². The van der Waals surface area contributed by atoms with Gasteiger partial charge in [-0.3, -0.25) is 14.4 Å². The van der Waals surface area contributed by atoms with Crippen molar-refractivity contribution in [2.24, 2.45) is 5.92 Å². The number of aryl methyl sites for hydroxylation is 1. The molecule has 27 heavy (non-hydrogen) atoms. The van der Waals surface area contributed by atoms with E-state index in [2.05, 4.69) is 10.6 Å². The predicted octanol–water partition coefficient (Wildman–Crippen LogP) is 3.23. The highest BCUT2D eigenvalue weighted by Gasteiger charge is 2.26. The fourth-order valence-electron chi connectivity index (χ4n) is 3.18. The normalized spacial score (nSPS) is 15.6. The van der Waals surface area contributed by atoms with Gasteiger partial charge in [0.2, 0.25) is 11.8 Å². The number of carbonyl (C=O) groups is 3. The lowest BCUT2D eigenvalue weighted by Gasteiger charge is -2.24.